The lowest BCUT2D eigenvalue weighted by atomic mass is 10.1. The highest BCUT2D eigenvalue weighted by Crippen LogP contribution is 2.17. The second kappa shape index (κ2) is 7.76. The number of nitrogens with one attached hydrogen (secondary N) is 1. The first-order chi connectivity index (χ1) is 12.5. The van der Waals surface area contributed by atoms with Crippen LogP contribution in [0.2, 0.25) is 0 Å². The molecule has 0 aliphatic carbocycles. The molecule has 0 aliphatic rings. The van der Waals surface area contributed by atoms with E-state index in [-0.39, 0.29) is 18.2 Å². The number of aliphatic hydroxyl groups excluding tert-OH is 1. The number of aromatic hydroxyl groups is 1. The van der Waals surface area contributed by atoms with Gasteiger partial charge in [-0.05, 0) is 24.6 Å². The van der Waals surface area contributed by atoms with Crippen molar-refractivity contribution in [1.29, 1.82) is 0 Å². The van der Waals surface area contributed by atoms with Crippen molar-refractivity contribution in [2.75, 3.05) is 6.54 Å². The summed E-state index contributed by atoms with van der Waals surface area (Å²) in [5, 5.41) is 22.1. The van der Waals surface area contributed by atoms with Crippen molar-refractivity contribution in [3.8, 4) is 17.1 Å². The van der Waals surface area contributed by atoms with Crippen molar-refractivity contribution in [1.82, 2.24) is 15.3 Å². The molecule has 132 valence electrons. The summed E-state index contributed by atoms with van der Waals surface area (Å²) in [5.41, 5.74) is 2.42. The predicted octanol–water partition coefficient (Wildman–Crippen LogP) is 2.62. The van der Waals surface area contributed by atoms with E-state index >= 15 is 0 Å². The first-order valence-corrected chi connectivity index (χ1v) is 8.19. The number of phenolic OH excluding ortho intramolecular Hbond substituents is 1. The molecule has 1 aromatic heterocycles. The second-order valence-electron chi connectivity index (χ2n) is 5.88. The maximum Gasteiger partial charge on any atom is 0.254 e. The van der Waals surface area contributed by atoms with Crippen LogP contribution in [0.3, 0.4) is 0 Å². The zero-order chi connectivity index (χ0) is 18.5. The molecule has 6 heteroatoms. The number of hydrogen-bond donors (Lipinski definition) is 3. The molecule has 0 fully saturated rings. The Morgan fingerprint density at radius 1 is 1.12 bits per heavy atom. The number of aryl methyl sites for hydroxylation is 1. The van der Waals surface area contributed by atoms with Crippen LogP contribution in [0.1, 0.15) is 27.7 Å². The molecule has 3 aromatic rings. The number of benzene rings is 2. The van der Waals surface area contributed by atoms with E-state index in [9.17, 15) is 15.0 Å². The van der Waals surface area contributed by atoms with Crippen molar-refractivity contribution >= 4 is 5.91 Å². The quantitative estimate of drug-likeness (QED) is 0.658. The molecule has 0 radical (unpaired) electrons. The Labute approximate surface area is 151 Å². The number of phenols is 1. The summed E-state index contributed by atoms with van der Waals surface area (Å²) in [6.45, 7) is 1.79. The number of nitrogens with zero attached hydrogens (tertiary/aromatic N) is 2. The summed E-state index contributed by atoms with van der Waals surface area (Å²) in [6, 6.07) is 15.7. The average molecular weight is 349 g/mol. The summed E-state index contributed by atoms with van der Waals surface area (Å²) in [5.74, 6) is 0.333. The van der Waals surface area contributed by atoms with E-state index in [0.717, 1.165) is 5.56 Å². The van der Waals surface area contributed by atoms with Crippen LogP contribution in [0.5, 0.6) is 5.75 Å². The molecule has 3 rings (SSSR count). The van der Waals surface area contributed by atoms with Gasteiger partial charge in [0.15, 0.2) is 5.82 Å². The Bertz CT molecular complexity index is 896. The van der Waals surface area contributed by atoms with E-state index in [0.29, 0.717) is 22.6 Å². The Morgan fingerprint density at radius 3 is 2.46 bits per heavy atom. The van der Waals surface area contributed by atoms with Gasteiger partial charge in [-0.3, -0.25) is 4.79 Å². The Morgan fingerprint density at radius 2 is 1.81 bits per heavy atom. The van der Waals surface area contributed by atoms with Crippen molar-refractivity contribution in [2.45, 2.75) is 13.0 Å². The third kappa shape index (κ3) is 4.04. The van der Waals surface area contributed by atoms with Crippen LogP contribution >= 0.6 is 0 Å². The zero-order valence-corrected chi connectivity index (χ0v) is 14.3. The summed E-state index contributed by atoms with van der Waals surface area (Å²) in [7, 11) is 0. The highest BCUT2D eigenvalue weighted by molar-refractivity contribution is 5.95. The van der Waals surface area contributed by atoms with E-state index in [1.165, 1.54) is 18.3 Å². The lowest BCUT2D eigenvalue weighted by Gasteiger charge is -2.13. The van der Waals surface area contributed by atoms with Gasteiger partial charge in [0.2, 0.25) is 0 Å². The molecule has 0 aliphatic heterocycles. The van der Waals surface area contributed by atoms with Crippen LogP contribution in [0.4, 0.5) is 0 Å². The minimum absolute atomic E-state index is 0.0451. The fourth-order valence-corrected chi connectivity index (χ4v) is 2.52. The third-order valence-electron chi connectivity index (χ3n) is 3.99. The van der Waals surface area contributed by atoms with E-state index in [4.69, 9.17) is 0 Å². The molecule has 0 bridgehead atoms. The molecule has 0 unspecified atom stereocenters. The molecule has 0 saturated carbocycles. The summed E-state index contributed by atoms with van der Waals surface area (Å²) < 4.78 is 0. The van der Waals surface area contributed by atoms with Gasteiger partial charge < -0.3 is 15.5 Å². The number of carbonyl (C=O) groups excluding carboxylic acids is 1. The fraction of sp³-hybridized carbons (Fsp3) is 0.150. The van der Waals surface area contributed by atoms with Crippen LogP contribution < -0.4 is 5.32 Å². The fourth-order valence-electron chi connectivity index (χ4n) is 2.52. The molecule has 1 atom stereocenters. The third-order valence-corrected chi connectivity index (χ3v) is 3.99. The van der Waals surface area contributed by atoms with Gasteiger partial charge in [0.05, 0.1) is 17.4 Å². The smallest absolute Gasteiger partial charge is 0.254 e. The predicted molar refractivity (Wildman–Crippen MR) is 97.6 cm³/mol. The maximum atomic E-state index is 12.4. The molecule has 3 N–H and O–H groups in total. The molecular weight excluding hydrogens is 330 g/mol. The Hall–Kier alpha value is -3.25. The van der Waals surface area contributed by atoms with Gasteiger partial charge in [0.25, 0.3) is 5.91 Å². The molecule has 6 nitrogen and oxygen atoms in total. The normalized spacial score (nSPS) is 11.8. The number of amides is 1. The van der Waals surface area contributed by atoms with E-state index in [1.54, 1.807) is 19.1 Å². The monoisotopic (exact) mass is 349 g/mol. The number of rotatable bonds is 5. The van der Waals surface area contributed by atoms with E-state index in [1.807, 2.05) is 30.3 Å². The zero-order valence-electron chi connectivity index (χ0n) is 14.3. The molecule has 0 spiro atoms. The highest BCUT2D eigenvalue weighted by Gasteiger charge is 2.15. The first kappa shape index (κ1) is 17.6. The minimum Gasteiger partial charge on any atom is -0.508 e. The van der Waals surface area contributed by atoms with Crippen LogP contribution in [-0.4, -0.2) is 32.6 Å². The number of aliphatic hydroxyl groups is 1. The second-order valence-corrected chi connectivity index (χ2v) is 5.88. The van der Waals surface area contributed by atoms with Gasteiger partial charge in [0.1, 0.15) is 5.75 Å². The Balaban J connectivity index is 1.67. The molecule has 1 amide bonds. The maximum absolute atomic E-state index is 12.4. The van der Waals surface area contributed by atoms with Gasteiger partial charge >= 0.3 is 0 Å². The summed E-state index contributed by atoms with van der Waals surface area (Å²) >= 11 is 0. The van der Waals surface area contributed by atoms with Gasteiger partial charge in [-0.25, -0.2) is 9.97 Å². The molecule has 26 heavy (non-hydrogen) atoms. The van der Waals surface area contributed by atoms with Crippen LogP contribution in [-0.2, 0) is 0 Å². The van der Waals surface area contributed by atoms with Crippen molar-refractivity contribution in [2.24, 2.45) is 0 Å². The molecule has 2 aromatic carbocycles. The summed E-state index contributed by atoms with van der Waals surface area (Å²) in [6.07, 6.45) is 0.622. The van der Waals surface area contributed by atoms with Gasteiger partial charge in [-0.1, -0.05) is 42.5 Å². The standard InChI is InChI=1S/C20H19N3O3/c1-13-17(11-21-19(23-13)15-5-3-2-4-6-15)20(26)22-12-18(25)14-7-9-16(24)10-8-14/h2-11,18,24-25H,12H2,1H3,(H,22,26)/t18-/m1/s1. The first-order valence-electron chi connectivity index (χ1n) is 8.19. The largest absolute Gasteiger partial charge is 0.508 e. The van der Waals surface area contributed by atoms with Gasteiger partial charge in [-0.15, -0.1) is 0 Å². The number of carbonyl (C=O) groups is 1. The SMILES string of the molecule is Cc1nc(-c2ccccc2)ncc1C(=O)NC[C@@H](O)c1ccc(O)cc1. The molecular formula is C20H19N3O3. The number of hydrogen-bond acceptors (Lipinski definition) is 5. The van der Waals surface area contributed by atoms with Crippen LogP contribution in [0, 0.1) is 6.92 Å². The van der Waals surface area contributed by atoms with Crippen molar-refractivity contribution in [3.05, 3.63) is 77.6 Å². The topological polar surface area (TPSA) is 95.3 Å². The summed E-state index contributed by atoms with van der Waals surface area (Å²) in [4.78, 5) is 21.0. The van der Waals surface area contributed by atoms with Crippen molar-refractivity contribution in [3.63, 3.8) is 0 Å². The lowest BCUT2D eigenvalue weighted by Crippen LogP contribution is -2.29. The van der Waals surface area contributed by atoms with E-state index < -0.39 is 6.10 Å². The van der Waals surface area contributed by atoms with E-state index in [2.05, 4.69) is 15.3 Å². The molecule has 1 heterocycles. The van der Waals surface area contributed by atoms with Crippen molar-refractivity contribution < 1.29 is 15.0 Å². The van der Waals surface area contributed by atoms with Gasteiger partial charge in [0, 0.05) is 18.3 Å². The number of aromatic nitrogens is 2. The molecule has 0 saturated heterocycles. The highest BCUT2D eigenvalue weighted by atomic mass is 16.3. The van der Waals surface area contributed by atoms with Gasteiger partial charge in [-0.2, -0.15) is 0 Å². The average Bonchev–Trinajstić information content (AvgIpc) is 2.67. The van der Waals surface area contributed by atoms with Crippen LogP contribution in [0.25, 0.3) is 11.4 Å². The minimum atomic E-state index is -0.871. The lowest BCUT2D eigenvalue weighted by molar-refractivity contribution is 0.0915. The van der Waals surface area contributed by atoms with Crippen LogP contribution in [0.15, 0.2) is 60.8 Å². The Kier molecular flexibility index (Phi) is 5.24.